The smallest absolute Gasteiger partial charge is 0.274 e. The third-order valence-corrected chi connectivity index (χ3v) is 3.81. The van der Waals surface area contributed by atoms with E-state index in [4.69, 9.17) is 0 Å². The minimum absolute atomic E-state index is 0.0812. The van der Waals surface area contributed by atoms with E-state index >= 15 is 0 Å². The fraction of sp³-hybridized carbons (Fsp3) is 0.250. The Kier molecular flexibility index (Phi) is 3.66. The van der Waals surface area contributed by atoms with Crippen LogP contribution in [-0.4, -0.2) is 22.0 Å². The van der Waals surface area contributed by atoms with E-state index in [0.29, 0.717) is 29.4 Å². The molecular formula is C16H16FN3O2. The zero-order chi connectivity index (χ0) is 15.7. The second-order valence-electron chi connectivity index (χ2n) is 5.38. The van der Waals surface area contributed by atoms with Gasteiger partial charge in [-0.1, -0.05) is 6.08 Å². The predicted molar refractivity (Wildman–Crippen MR) is 82.3 cm³/mol. The number of nitrogens with zero attached hydrogens (tertiary/aromatic N) is 1. The molecule has 6 heteroatoms. The summed E-state index contributed by atoms with van der Waals surface area (Å²) < 4.78 is 14.3. The zero-order valence-corrected chi connectivity index (χ0v) is 12.1. The van der Waals surface area contributed by atoms with Crippen LogP contribution < -0.4 is 10.9 Å². The van der Waals surface area contributed by atoms with Crippen molar-refractivity contribution in [2.75, 3.05) is 6.54 Å². The number of allylic oxidation sites excluding steroid dienone is 3. The summed E-state index contributed by atoms with van der Waals surface area (Å²) in [5.74, 6) is -0.406. The molecule has 5 nitrogen and oxygen atoms in total. The standard InChI is InChI=1S/C16H16FN3O2/c1-20-9-13(12-6-7-18-14(12)16(20)22)15(21)19-8-10-2-4-11(17)5-3-10/h2,4-7,9-10,18H,3,8H2,1H3,(H,19,21). The summed E-state index contributed by atoms with van der Waals surface area (Å²) in [6, 6.07) is 1.71. The van der Waals surface area contributed by atoms with Crippen LogP contribution >= 0.6 is 0 Å². The lowest BCUT2D eigenvalue weighted by Crippen LogP contribution is -2.30. The van der Waals surface area contributed by atoms with Gasteiger partial charge < -0.3 is 14.9 Å². The SMILES string of the molecule is Cn1cc(C(=O)NCC2C=CC(F)=CC2)c2cc[nH]c2c1=O. The van der Waals surface area contributed by atoms with E-state index in [-0.39, 0.29) is 23.2 Å². The number of fused-ring (bicyclic) bond motifs is 1. The minimum atomic E-state index is -0.247. The maximum absolute atomic E-state index is 12.9. The van der Waals surface area contributed by atoms with Crippen LogP contribution in [0.15, 0.2) is 47.3 Å². The van der Waals surface area contributed by atoms with Gasteiger partial charge in [0.2, 0.25) is 0 Å². The Labute approximate surface area is 126 Å². The molecule has 2 heterocycles. The minimum Gasteiger partial charge on any atom is -0.357 e. The van der Waals surface area contributed by atoms with Gasteiger partial charge in [0.25, 0.3) is 11.5 Å². The number of halogens is 1. The van der Waals surface area contributed by atoms with Crippen molar-refractivity contribution in [1.82, 2.24) is 14.9 Å². The lowest BCUT2D eigenvalue weighted by atomic mass is 10.0. The van der Waals surface area contributed by atoms with Crippen molar-refractivity contribution in [3.63, 3.8) is 0 Å². The molecule has 0 saturated carbocycles. The third-order valence-electron chi connectivity index (χ3n) is 3.81. The summed E-state index contributed by atoms with van der Waals surface area (Å²) >= 11 is 0. The van der Waals surface area contributed by atoms with Crippen molar-refractivity contribution < 1.29 is 9.18 Å². The molecule has 0 spiro atoms. The summed E-state index contributed by atoms with van der Waals surface area (Å²) in [5, 5.41) is 3.44. The van der Waals surface area contributed by atoms with Crippen LogP contribution in [0, 0.1) is 5.92 Å². The lowest BCUT2D eigenvalue weighted by Gasteiger charge is -2.15. The molecule has 2 N–H and O–H groups in total. The van der Waals surface area contributed by atoms with Gasteiger partial charge in [-0.2, -0.15) is 0 Å². The van der Waals surface area contributed by atoms with E-state index in [1.807, 2.05) is 0 Å². The van der Waals surface area contributed by atoms with Crippen molar-refractivity contribution in [2.45, 2.75) is 6.42 Å². The molecule has 0 saturated heterocycles. The Morgan fingerprint density at radius 3 is 3.09 bits per heavy atom. The van der Waals surface area contributed by atoms with Crippen molar-refractivity contribution in [3.05, 3.63) is 58.4 Å². The van der Waals surface area contributed by atoms with Crippen LogP contribution in [0.5, 0.6) is 0 Å². The van der Waals surface area contributed by atoms with Gasteiger partial charge >= 0.3 is 0 Å². The van der Waals surface area contributed by atoms with E-state index in [1.54, 1.807) is 25.4 Å². The van der Waals surface area contributed by atoms with Crippen LogP contribution in [0.3, 0.4) is 0 Å². The number of nitrogens with one attached hydrogen (secondary N) is 2. The van der Waals surface area contributed by atoms with Gasteiger partial charge in [-0.3, -0.25) is 9.59 Å². The molecule has 3 rings (SSSR count). The molecule has 0 aliphatic heterocycles. The van der Waals surface area contributed by atoms with Crippen LogP contribution in [0.4, 0.5) is 4.39 Å². The highest BCUT2D eigenvalue weighted by Crippen LogP contribution is 2.17. The molecule has 0 bridgehead atoms. The Hall–Kier alpha value is -2.63. The van der Waals surface area contributed by atoms with Gasteiger partial charge in [0.1, 0.15) is 11.3 Å². The zero-order valence-electron chi connectivity index (χ0n) is 12.1. The Bertz CT molecular complexity index is 845. The van der Waals surface area contributed by atoms with Gasteiger partial charge in [-0.25, -0.2) is 4.39 Å². The van der Waals surface area contributed by atoms with Crippen molar-refractivity contribution >= 4 is 16.8 Å². The maximum atomic E-state index is 12.9. The van der Waals surface area contributed by atoms with Crippen LogP contribution in [0.1, 0.15) is 16.8 Å². The second kappa shape index (κ2) is 5.63. The van der Waals surface area contributed by atoms with Gasteiger partial charge in [0, 0.05) is 31.4 Å². The van der Waals surface area contributed by atoms with Gasteiger partial charge in [0.05, 0.1) is 5.56 Å². The molecule has 114 valence electrons. The van der Waals surface area contributed by atoms with E-state index in [9.17, 15) is 14.0 Å². The summed E-state index contributed by atoms with van der Waals surface area (Å²) in [6.07, 6.45) is 8.41. The number of amides is 1. The Balaban J connectivity index is 1.79. The molecule has 0 aromatic carbocycles. The Morgan fingerprint density at radius 1 is 1.55 bits per heavy atom. The molecule has 0 radical (unpaired) electrons. The van der Waals surface area contributed by atoms with Crippen molar-refractivity contribution in [3.8, 4) is 0 Å². The van der Waals surface area contributed by atoms with E-state index < -0.39 is 0 Å². The van der Waals surface area contributed by atoms with Crippen LogP contribution in [-0.2, 0) is 7.05 Å². The van der Waals surface area contributed by atoms with Crippen LogP contribution in [0.25, 0.3) is 10.9 Å². The number of H-pyrrole nitrogens is 1. The van der Waals surface area contributed by atoms with Crippen molar-refractivity contribution in [1.29, 1.82) is 0 Å². The number of pyridine rings is 1. The molecule has 1 unspecified atom stereocenters. The first-order valence-electron chi connectivity index (χ1n) is 7.05. The second-order valence-corrected chi connectivity index (χ2v) is 5.38. The van der Waals surface area contributed by atoms with E-state index in [1.165, 1.54) is 22.9 Å². The lowest BCUT2D eigenvalue weighted by molar-refractivity contribution is 0.0950. The fourth-order valence-electron chi connectivity index (χ4n) is 2.56. The summed E-state index contributed by atoms with van der Waals surface area (Å²) in [6.45, 7) is 0.424. The van der Waals surface area contributed by atoms with Gasteiger partial charge in [-0.05, 0) is 30.6 Å². The monoisotopic (exact) mass is 301 g/mol. The average molecular weight is 301 g/mol. The highest BCUT2D eigenvalue weighted by Gasteiger charge is 2.16. The quantitative estimate of drug-likeness (QED) is 0.911. The summed E-state index contributed by atoms with van der Waals surface area (Å²) in [4.78, 5) is 27.2. The maximum Gasteiger partial charge on any atom is 0.274 e. The number of aromatic nitrogens is 2. The van der Waals surface area contributed by atoms with Gasteiger partial charge in [-0.15, -0.1) is 0 Å². The molecule has 0 fully saturated rings. The number of aromatic amines is 1. The topological polar surface area (TPSA) is 66.9 Å². The highest BCUT2D eigenvalue weighted by atomic mass is 19.1. The normalized spacial score (nSPS) is 17.5. The summed E-state index contributed by atoms with van der Waals surface area (Å²) in [5.41, 5.74) is 0.685. The van der Waals surface area contributed by atoms with E-state index in [2.05, 4.69) is 10.3 Å². The number of aryl methyl sites for hydroxylation is 1. The first-order valence-corrected chi connectivity index (χ1v) is 7.05. The molecule has 22 heavy (non-hydrogen) atoms. The molecule has 1 atom stereocenters. The number of carbonyl (C=O) groups is 1. The molecule has 1 aliphatic rings. The molecule has 2 aromatic heterocycles. The number of hydrogen-bond donors (Lipinski definition) is 2. The molecule has 2 aromatic rings. The predicted octanol–water partition coefficient (Wildman–Crippen LogP) is 2.03. The van der Waals surface area contributed by atoms with Crippen LogP contribution in [0.2, 0.25) is 0 Å². The Morgan fingerprint density at radius 2 is 2.36 bits per heavy atom. The molecule has 1 aliphatic carbocycles. The van der Waals surface area contributed by atoms with E-state index in [0.717, 1.165) is 0 Å². The van der Waals surface area contributed by atoms with Gasteiger partial charge in [0.15, 0.2) is 0 Å². The fourth-order valence-corrected chi connectivity index (χ4v) is 2.56. The molecular weight excluding hydrogens is 285 g/mol. The number of hydrogen-bond acceptors (Lipinski definition) is 2. The largest absolute Gasteiger partial charge is 0.357 e. The first-order chi connectivity index (χ1) is 10.6. The summed E-state index contributed by atoms with van der Waals surface area (Å²) in [7, 11) is 1.61. The van der Waals surface area contributed by atoms with Crippen molar-refractivity contribution in [2.24, 2.45) is 13.0 Å². The average Bonchev–Trinajstić information content (AvgIpc) is 3.00. The number of carbonyl (C=O) groups excluding carboxylic acids is 1. The molecule has 1 amide bonds. The highest BCUT2D eigenvalue weighted by molar-refractivity contribution is 6.05. The first kappa shape index (κ1) is 14.3. The number of rotatable bonds is 3. The third kappa shape index (κ3) is 2.59.